The van der Waals surface area contributed by atoms with Crippen molar-refractivity contribution in [3.8, 4) is 0 Å². The molecule has 0 aliphatic heterocycles. The summed E-state index contributed by atoms with van der Waals surface area (Å²) in [6.45, 7) is 2.00. The molecule has 1 aliphatic rings. The van der Waals surface area contributed by atoms with E-state index >= 15 is 0 Å². The summed E-state index contributed by atoms with van der Waals surface area (Å²) >= 11 is 0. The average molecular weight is 125 g/mol. The van der Waals surface area contributed by atoms with Crippen molar-refractivity contribution in [1.82, 2.24) is 0 Å². The molecule has 0 aromatic rings. The second-order valence-corrected chi connectivity index (χ2v) is 2.97. The van der Waals surface area contributed by atoms with Crippen LogP contribution in [0.4, 0.5) is 0 Å². The van der Waals surface area contributed by atoms with Crippen LogP contribution in [0.25, 0.3) is 0 Å². The van der Waals surface area contributed by atoms with Crippen molar-refractivity contribution in [2.45, 2.75) is 32.2 Å². The minimum absolute atomic E-state index is 0.240. The van der Waals surface area contributed by atoms with E-state index in [2.05, 4.69) is 12.2 Å². The van der Waals surface area contributed by atoms with Crippen molar-refractivity contribution in [2.24, 2.45) is 11.7 Å². The standard InChI is InChI=1S/C8H15N/c1-7(9)3-2-4-8-5-6-8/h2-3,7-8H,4-6,9H2,1H3. The summed E-state index contributed by atoms with van der Waals surface area (Å²) in [5, 5.41) is 0. The maximum absolute atomic E-state index is 5.51. The van der Waals surface area contributed by atoms with Gasteiger partial charge in [-0.3, -0.25) is 0 Å². The van der Waals surface area contributed by atoms with Gasteiger partial charge in [-0.15, -0.1) is 0 Å². The van der Waals surface area contributed by atoms with Gasteiger partial charge in [0.25, 0.3) is 0 Å². The molecule has 0 saturated heterocycles. The summed E-state index contributed by atoms with van der Waals surface area (Å²) in [7, 11) is 0. The molecule has 1 unspecified atom stereocenters. The Balaban J connectivity index is 2.01. The van der Waals surface area contributed by atoms with Gasteiger partial charge in [-0.2, -0.15) is 0 Å². The molecule has 1 aliphatic carbocycles. The molecule has 0 aromatic heterocycles. The molecule has 1 fully saturated rings. The van der Waals surface area contributed by atoms with E-state index < -0.39 is 0 Å². The van der Waals surface area contributed by atoms with Crippen molar-refractivity contribution >= 4 is 0 Å². The number of hydrogen-bond donors (Lipinski definition) is 1. The van der Waals surface area contributed by atoms with Crippen LogP contribution in [0.1, 0.15) is 26.2 Å². The molecular weight excluding hydrogens is 110 g/mol. The Morgan fingerprint density at radius 1 is 1.67 bits per heavy atom. The van der Waals surface area contributed by atoms with Gasteiger partial charge in [0.05, 0.1) is 0 Å². The lowest BCUT2D eigenvalue weighted by Crippen LogP contribution is -2.09. The monoisotopic (exact) mass is 125 g/mol. The summed E-state index contributed by atoms with van der Waals surface area (Å²) < 4.78 is 0. The van der Waals surface area contributed by atoms with Gasteiger partial charge >= 0.3 is 0 Å². The quantitative estimate of drug-likeness (QED) is 0.571. The van der Waals surface area contributed by atoms with Crippen molar-refractivity contribution in [1.29, 1.82) is 0 Å². The van der Waals surface area contributed by atoms with Crippen LogP contribution in [0.15, 0.2) is 12.2 Å². The smallest absolute Gasteiger partial charge is 0.0194 e. The zero-order valence-corrected chi connectivity index (χ0v) is 6.01. The topological polar surface area (TPSA) is 26.0 Å². The van der Waals surface area contributed by atoms with E-state index in [-0.39, 0.29) is 6.04 Å². The second kappa shape index (κ2) is 3.02. The van der Waals surface area contributed by atoms with Crippen LogP contribution in [0.5, 0.6) is 0 Å². The summed E-state index contributed by atoms with van der Waals surface area (Å²) in [5.74, 6) is 1.000. The van der Waals surface area contributed by atoms with E-state index in [1.165, 1.54) is 19.3 Å². The molecule has 0 amide bonds. The zero-order chi connectivity index (χ0) is 6.69. The maximum Gasteiger partial charge on any atom is 0.0194 e. The molecule has 0 spiro atoms. The van der Waals surface area contributed by atoms with E-state index in [0.717, 1.165) is 5.92 Å². The van der Waals surface area contributed by atoms with Gasteiger partial charge in [-0.05, 0) is 32.1 Å². The zero-order valence-electron chi connectivity index (χ0n) is 6.01. The Hall–Kier alpha value is -0.300. The van der Waals surface area contributed by atoms with Crippen LogP contribution in [0.3, 0.4) is 0 Å². The van der Waals surface area contributed by atoms with Crippen molar-refractivity contribution in [2.75, 3.05) is 0 Å². The van der Waals surface area contributed by atoms with Gasteiger partial charge in [0.1, 0.15) is 0 Å². The van der Waals surface area contributed by atoms with Crippen LogP contribution < -0.4 is 5.73 Å². The Morgan fingerprint density at radius 3 is 2.78 bits per heavy atom. The third-order valence-electron chi connectivity index (χ3n) is 1.61. The highest BCUT2D eigenvalue weighted by Gasteiger charge is 2.18. The SMILES string of the molecule is CC(N)C=CCC1CC1. The molecule has 1 nitrogen and oxygen atoms in total. The molecule has 0 radical (unpaired) electrons. The highest BCUT2D eigenvalue weighted by molar-refractivity contribution is 4.92. The average Bonchev–Trinajstić information content (AvgIpc) is 2.48. The molecule has 0 aromatic carbocycles. The fourth-order valence-corrected chi connectivity index (χ4v) is 0.839. The van der Waals surface area contributed by atoms with E-state index in [0.29, 0.717) is 0 Å². The Labute approximate surface area is 56.9 Å². The van der Waals surface area contributed by atoms with E-state index in [4.69, 9.17) is 5.73 Å². The molecule has 0 heterocycles. The van der Waals surface area contributed by atoms with Gasteiger partial charge in [0.15, 0.2) is 0 Å². The first kappa shape index (κ1) is 6.81. The predicted octanol–water partition coefficient (Wildman–Crippen LogP) is 1.69. The summed E-state index contributed by atoms with van der Waals surface area (Å²) in [6.07, 6.45) is 8.41. The van der Waals surface area contributed by atoms with E-state index in [1.54, 1.807) is 0 Å². The van der Waals surface area contributed by atoms with Gasteiger partial charge in [-0.25, -0.2) is 0 Å². The Kier molecular flexibility index (Phi) is 2.29. The number of hydrogen-bond acceptors (Lipinski definition) is 1. The molecule has 1 heteroatoms. The lowest BCUT2D eigenvalue weighted by atomic mass is 10.2. The van der Waals surface area contributed by atoms with Gasteiger partial charge in [0, 0.05) is 6.04 Å². The van der Waals surface area contributed by atoms with Crippen LogP contribution >= 0.6 is 0 Å². The minimum Gasteiger partial charge on any atom is -0.325 e. The molecule has 0 bridgehead atoms. The van der Waals surface area contributed by atoms with Gasteiger partial charge in [-0.1, -0.05) is 12.2 Å². The van der Waals surface area contributed by atoms with Crippen molar-refractivity contribution < 1.29 is 0 Å². The highest BCUT2D eigenvalue weighted by atomic mass is 14.6. The third kappa shape index (κ3) is 3.31. The van der Waals surface area contributed by atoms with Gasteiger partial charge in [0.2, 0.25) is 0 Å². The first-order valence-corrected chi connectivity index (χ1v) is 3.71. The highest BCUT2D eigenvalue weighted by Crippen LogP contribution is 2.32. The van der Waals surface area contributed by atoms with Crippen molar-refractivity contribution in [3.05, 3.63) is 12.2 Å². The molecule has 2 N–H and O–H groups in total. The first-order valence-electron chi connectivity index (χ1n) is 3.71. The summed E-state index contributed by atoms with van der Waals surface area (Å²) in [4.78, 5) is 0. The number of nitrogens with two attached hydrogens (primary N) is 1. The maximum atomic E-state index is 5.51. The largest absolute Gasteiger partial charge is 0.325 e. The normalized spacial score (nSPS) is 22.9. The lowest BCUT2D eigenvalue weighted by Gasteiger charge is -1.92. The van der Waals surface area contributed by atoms with Crippen LogP contribution in [-0.2, 0) is 0 Å². The molecule has 52 valence electrons. The Morgan fingerprint density at radius 2 is 2.33 bits per heavy atom. The predicted molar refractivity (Wildman–Crippen MR) is 40.1 cm³/mol. The fourth-order valence-electron chi connectivity index (χ4n) is 0.839. The minimum atomic E-state index is 0.240. The van der Waals surface area contributed by atoms with Gasteiger partial charge < -0.3 is 5.73 Å². The number of rotatable bonds is 3. The fraction of sp³-hybridized carbons (Fsp3) is 0.750. The molecular formula is C8H15N. The Bertz CT molecular complexity index is 101. The molecule has 1 atom stereocenters. The van der Waals surface area contributed by atoms with E-state index in [1.807, 2.05) is 6.92 Å². The van der Waals surface area contributed by atoms with Crippen LogP contribution in [-0.4, -0.2) is 6.04 Å². The number of allylic oxidation sites excluding steroid dienone is 1. The second-order valence-electron chi connectivity index (χ2n) is 2.97. The van der Waals surface area contributed by atoms with Crippen molar-refractivity contribution in [3.63, 3.8) is 0 Å². The van der Waals surface area contributed by atoms with E-state index in [9.17, 15) is 0 Å². The first-order chi connectivity index (χ1) is 4.29. The molecule has 9 heavy (non-hydrogen) atoms. The third-order valence-corrected chi connectivity index (χ3v) is 1.61. The summed E-state index contributed by atoms with van der Waals surface area (Å²) in [6, 6.07) is 0.240. The summed E-state index contributed by atoms with van der Waals surface area (Å²) in [5.41, 5.74) is 5.51. The molecule has 1 rings (SSSR count). The van der Waals surface area contributed by atoms with Crippen LogP contribution in [0, 0.1) is 5.92 Å². The van der Waals surface area contributed by atoms with Crippen LogP contribution in [0.2, 0.25) is 0 Å². The molecule has 1 saturated carbocycles. The lowest BCUT2D eigenvalue weighted by molar-refractivity contribution is 0.844.